The molecule has 0 heterocycles. The van der Waals surface area contributed by atoms with Crippen LogP contribution in [0.3, 0.4) is 0 Å². The van der Waals surface area contributed by atoms with Crippen LogP contribution in [0, 0.1) is 0 Å². The second-order valence-electron chi connectivity index (χ2n) is 7.13. The van der Waals surface area contributed by atoms with Crippen LogP contribution in [-0.2, 0) is 9.59 Å². The molecule has 0 spiro atoms. The van der Waals surface area contributed by atoms with Gasteiger partial charge in [-0.3, -0.25) is 14.5 Å². The van der Waals surface area contributed by atoms with Crippen molar-refractivity contribution >= 4 is 17.5 Å². The molecule has 0 saturated heterocycles. The number of carbonyl (C=O) groups is 2. The average molecular weight is 398 g/mol. The Hall–Kier alpha value is -2.86. The molecule has 0 bridgehead atoms. The summed E-state index contributed by atoms with van der Waals surface area (Å²) >= 11 is 0. The summed E-state index contributed by atoms with van der Waals surface area (Å²) in [4.78, 5) is 26.6. The number of anilines is 1. The van der Waals surface area contributed by atoms with Crippen LogP contribution >= 0.6 is 0 Å². The van der Waals surface area contributed by atoms with E-state index in [0.717, 1.165) is 6.42 Å². The lowest BCUT2D eigenvalue weighted by Gasteiger charge is -2.24. The van der Waals surface area contributed by atoms with E-state index in [1.54, 1.807) is 38.1 Å². The van der Waals surface area contributed by atoms with Crippen molar-refractivity contribution in [1.82, 2.24) is 10.2 Å². The van der Waals surface area contributed by atoms with Gasteiger partial charge >= 0.3 is 0 Å². The largest absolute Gasteiger partial charge is 0.497 e. The van der Waals surface area contributed by atoms with Crippen molar-refractivity contribution in [3.8, 4) is 5.75 Å². The normalized spacial score (nSPS) is 12.9. The Balaban J connectivity index is 1.84. The first kappa shape index (κ1) is 22.4. The summed E-state index contributed by atoms with van der Waals surface area (Å²) < 4.78 is 5.16. The summed E-state index contributed by atoms with van der Waals surface area (Å²) in [5.41, 5.74) is 1.88. The molecule has 6 heteroatoms. The third kappa shape index (κ3) is 6.91. The van der Waals surface area contributed by atoms with Gasteiger partial charge in [-0.15, -0.1) is 0 Å². The number of likely N-dealkylation sites (N-methyl/N-ethyl adjacent to an activating group) is 1. The molecule has 2 atom stereocenters. The molecular formula is C23H31N3O3. The highest BCUT2D eigenvalue weighted by molar-refractivity contribution is 5.93. The van der Waals surface area contributed by atoms with Crippen LogP contribution < -0.4 is 15.4 Å². The Morgan fingerprint density at radius 2 is 1.83 bits per heavy atom. The lowest BCUT2D eigenvalue weighted by atomic mass is 9.96. The van der Waals surface area contributed by atoms with Crippen molar-refractivity contribution in [1.29, 1.82) is 0 Å². The topological polar surface area (TPSA) is 70.7 Å². The maximum absolute atomic E-state index is 12.6. The fraction of sp³-hybridized carbons (Fsp3) is 0.391. The molecule has 0 saturated carbocycles. The van der Waals surface area contributed by atoms with E-state index in [1.807, 2.05) is 30.3 Å². The molecule has 2 rings (SSSR count). The fourth-order valence-corrected chi connectivity index (χ4v) is 3.06. The van der Waals surface area contributed by atoms with Crippen LogP contribution in [0.1, 0.15) is 31.7 Å². The standard InChI is InChI=1S/C23H31N3O3/c1-5-18(19-10-7-6-8-11-19)15-24-23(28)17(2)26(3)16-22(27)25-20-12-9-13-21(14-20)29-4/h6-14,17-18H,5,15-16H2,1-4H3,(H,24,28)(H,25,27)/t17-,18-/m1/s1. The minimum absolute atomic E-state index is 0.0870. The number of nitrogens with zero attached hydrogens (tertiary/aromatic N) is 1. The molecule has 0 radical (unpaired) electrons. The van der Waals surface area contributed by atoms with Crippen molar-refractivity contribution < 1.29 is 14.3 Å². The highest BCUT2D eigenvalue weighted by Gasteiger charge is 2.21. The average Bonchev–Trinajstić information content (AvgIpc) is 2.74. The van der Waals surface area contributed by atoms with E-state index in [-0.39, 0.29) is 24.3 Å². The summed E-state index contributed by atoms with van der Waals surface area (Å²) in [6.07, 6.45) is 0.942. The summed E-state index contributed by atoms with van der Waals surface area (Å²) in [6, 6.07) is 16.9. The monoisotopic (exact) mass is 397 g/mol. The van der Waals surface area contributed by atoms with Gasteiger partial charge in [0.05, 0.1) is 19.7 Å². The summed E-state index contributed by atoms with van der Waals surface area (Å²) in [5.74, 6) is 0.675. The van der Waals surface area contributed by atoms with Gasteiger partial charge in [-0.1, -0.05) is 43.3 Å². The molecule has 0 fully saturated rings. The van der Waals surface area contributed by atoms with Gasteiger partial charge in [0.25, 0.3) is 0 Å². The number of benzene rings is 2. The zero-order valence-electron chi connectivity index (χ0n) is 17.6. The lowest BCUT2D eigenvalue weighted by molar-refractivity contribution is -0.126. The van der Waals surface area contributed by atoms with E-state index >= 15 is 0 Å². The number of ether oxygens (including phenoxy) is 1. The molecule has 29 heavy (non-hydrogen) atoms. The number of nitrogens with one attached hydrogen (secondary N) is 2. The van der Waals surface area contributed by atoms with Crippen molar-refractivity contribution in [2.75, 3.05) is 32.6 Å². The number of hydrogen-bond donors (Lipinski definition) is 2. The van der Waals surface area contributed by atoms with Crippen molar-refractivity contribution in [3.63, 3.8) is 0 Å². The number of carbonyl (C=O) groups excluding carboxylic acids is 2. The van der Waals surface area contributed by atoms with Gasteiger partial charge in [0.2, 0.25) is 11.8 Å². The van der Waals surface area contributed by atoms with Crippen LogP contribution in [-0.4, -0.2) is 50.0 Å². The van der Waals surface area contributed by atoms with E-state index in [1.165, 1.54) is 5.56 Å². The summed E-state index contributed by atoms with van der Waals surface area (Å²) in [5, 5.41) is 5.85. The SMILES string of the molecule is CC[C@H](CNC(=O)[C@@H](C)N(C)CC(=O)Nc1cccc(OC)c1)c1ccccc1. The molecule has 2 aromatic rings. The first-order valence-corrected chi connectivity index (χ1v) is 9.91. The van der Waals surface area contributed by atoms with Crippen molar-refractivity contribution in [2.24, 2.45) is 0 Å². The van der Waals surface area contributed by atoms with E-state index in [0.29, 0.717) is 18.0 Å². The zero-order chi connectivity index (χ0) is 21.2. The minimum atomic E-state index is -0.417. The van der Waals surface area contributed by atoms with Gasteiger partial charge in [-0.05, 0) is 38.1 Å². The van der Waals surface area contributed by atoms with Crippen LogP contribution in [0.4, 0.5) is 5.69 Å². The highest BCUT2D eigenvalue weighted by atomic mass is 16.5. The van der Waals surface area contributed by atoms with Gasteiger partial charge in [-0.25, -0.2) is 0 Å². The van der Waals surface area contributed by atoms with E-state index < -0.39 is 6.04 Å². The number of amides is 2. The quantitative estimate of drug-likeness (QED) is 0.646. The van der Waals surface area contributed by atoms with Crippen LogP contribution in [0.2, 0.25) is 0 Å². The summed E-state index contributed by atoms with van der Waals surface area (Å²) in [7, 11) is 3.35. The molecule has 0 unspecified atom stereocenters. The predicted octanol–water partition coefficient (Wildman–Crippen LogP) is 3.26. The van der Waals surface area contributed by atoms with Gasteiger partial charge in [0.1, 0.15) is 5.75 Å². The molecule has 0 aliphatic rings. The van der Waals surface area contributed by atoms with Crippen LogP contribution in [0.5, 0.6) is 5.75 Å². The Morgan fingerprint density at radius 3 is 2.48 bits per heavy atom. The number of rotatable bonds is 10. The van der Waals surface area contributed by atoms with Gasteiger partial charge in [0, 0.05) is 24.2 Å². The van der Waals surface area contributed by atoms with Gasteiger partial charge in [0.15, 0.2) is 0 Å². The van der Waals surface area contributed by atoms with Crippen molar-refractivity contribution in [3.05, 3.63) is 60.2 Å². The molecule has 0 aliphatic carbocycles. The van der Waals surface area contributed by atoms with Gasteiger partial charge < -0.3 is 15.4 Å². The molecule has 2 amide bonds. The molecule has 156 valence electrons. The van der Waals surface area contributed by atoms with Crippen molar-refractivity contribution in [2.45, 2.75) is 32.2 Å². The maximum Gasteiger partial charge on any atom is 0.238 e. The Morgan fingerprint density at radius 1 is 1.10 bits per heavy atom. The molecule has 2 N–H and O–H groups in total. The van der Waals surface area contributed by atoms with Crippen LogP contribution in [0.15, 0.2) is 54.6 Å². The second kappa shape index (κ2) is 11.2. The smallest absolute Gasteiger partial charge is 0.238 e. The molecular weight excluding hydrogens is 366 g/mol. The number of methoxy groups -OCH3 is 1. The Kier molecular flexibility index (Phi) is 8.68. The maximum atomic E-state index is 12.6. The summed E-state index contributed by atoms with van der Waals surface area (Å²) in [6.45, 7) is 4.61. The first-order valence-electron chi connectivity index (χ1n) is 9.91. The van der Waals surface area contributed by atoms with E-state index in [4.69, 9.17) is 4.74 Å². The molecule has 0 aromatic heterocycles. The minimum Gasteiger partial charge on any atom is -0.497 e. The molecule has 6 nitrogen and oxygen atoms in total. The third-order valence-corrected chi connectivity index (χ3v) is 5.07. The second-order valence-corrected chi connectivity index (χ2v) is 7.13. The highest BCUT2D eigenvalue weighted by Crippen LogP contribution is 2.18. The Bertz CT molecular complexity index is 795. The lowest BCUT2D eigenvalue weighted by Crippen LogP contribution is -2.46. The number of hydrogen-bond acceptors (Lipinski definition) is 4. The molecule has 0 aliphatic heterocycles. The first-order chi connectivity index (χ1) is 13.9. The van der Waals surface area contributed by atoms with Crippen LogP contribution in [0.25, 0.3) is 0 Å². The fourth-order valence-electron chi connectivity index (χ4n) is 3.06. The van der Waals surface area contributed by atoms with Gasteiger partial charge in [-0.2, -0.15) is 0 Å². The van der Waals surface area contributed by atoms with E-state index in [2.05, 4.69) is 29.7 Å². The third-order valence-electron chi connectivity index (χ3n) is 5.07. The predicted molar refractivity (Wildman–Crippen MR) is 116 cm³/mol. The zero-order valence-corrected chi connectivity index (χ0v) is 17.6. The van der Waals surface area contributed by atoms with E-state index in [9.17, 15) is 9.59 Å². The molecule has 2 aromatic carbocycles. The Labute approximate surface area is 173 Å².